The molecule has 1 N–H and O–H groups in total. The van der Waals surface area contributed by atoms with E-state index in [1.807, 2.05) is 17.0 Å². The number of aryl methyl sites for hydroxylation is 1. The van der Waals surface area contributed by atoms with Gasteiger partial charge >= 0.3 is 17.9 Å². The Labute approximate surface area is 275 Å². The van der Waals surface area contributed by atoms with Crippen LogP contribution in [0, 0.1) is 5.41 Å². The normalized spacial score (nSPS) is 15.6. The number of carbonyl (C=O) groups excluding carboxylic acids is 3. The van der Waals surface area contributed by atoms with Crippen molar-refractivity contribution in [3.05, 3.63) is 60.2 Å². The summed E-state index contributed by atoms with van der Waals surface area (Å²) in [5.41, 5.74) is 0.504. The monoisotopic (exact) mass is 655 g/mol. The third-order valence-electron chi connectivity index (χ3n) is 8.00. The molecule has 1 aliphatic rings. The van der Waals surface area contributed by atoms with E-state index in [9.17, 15) is 19.2 Å². The van der Waals surface area contributed by atoms with Crippen molar-refractivity contribution in [2.24, 2.45) is 5.41 Å². The van der Waals surface area contributed by atoms with Crippen LogP contribution < -0.4 is 18.9 Å². The number of ether oxygens (including phenoxy) is 6. The van der Waals surface area contributed by atoms with Crippen LogP contribution in [0.3, 0.4) is 0 Å². The second-order valence-electron chi connectivity index (χ2n) is 11.9. The summed E-state index contributed by atoms with van der Waals surface area (Å²) in [5, 5.41) is 9.07. The number of likely N-dealkylation sites (tertiary alicyclic amines) is 1. The SMILES string of the molecule is C=CC(=O)OCC(C)(C)C(=O)CN1CCCC[C@H]1C(=O)O[C@H](CCc1cc(OC)c(OC)c(OC)c1)c1cccc(OCC(=O)O)c1. The van der Waals surface area contributed by atoms with Crippen molar-refractivity contribution in [2.45, 2.75) is 58.1 Å². The first-order chi connectivity index (χ1) is 22.4. The van der Waals surface area contributed by atoms with E-state index in [0.717, 1.165) is 24.5 Å². The number of carboxylic acids is 1. The molecule has 0 bridgehead atoms. The summed E-state index contributed by atoms with van der Waals surface area (Å²) >= 11 is 0. The Balaban J connectivity index is 1.85. The second kappa shape index (κ2) is 17.4. The van der Waals surface area contributed by atoms with E-state index in [0.29, 0.717) is 54.4 Å². The molecule has 3 rings (SSSR count). The van der Waals surface area contributed by atoms with E-state index >= 15 is 0 Å². The van der Waals surface area contributed by atoms with E-state index in [2.05, 4.69) is 6.58 Å². The van der Waals surface area contributed by atoms with E-state index in [1.54, 1.807) is 38.1 Å². The van der Waals surface area contributed by atoms with Crippen molar-refractivity contribution in [3.63, 3.8) is 0 Å². The number of ketones is 1. The number of carboxylic acid groups (broad SMARTS) is 1. The molecule has 12 heteroatoms. The lowest BCUT2D eigenvalue weighted by molar-refractivity contribution is -0.158. The first-order valence-corrected chi connectivity index (χ1v) is 15.4. The van der Waals surface area contributed by atoms with Gasteiger partial charge < -0.3 is 33.5 Å². The molecule has 2 atom stereocenters. The lowest BCUT2D eigenvalue weighted by atomic mass is 9.88. The molecule has 0 saturated carbocycles. The molecule has 0 unspecified atom stereocenters. The predicted molar refractivity (Wildman–Crippen MR) is 172 cm³/mol. The number of benzene rings is 2. The highest BCUT2D eigenvalue weighted by molar-refractivity contribution is 5.88. The van der Waals surface area contributed by atoms with E-state index in [4.69, 9.17) is 33.5 Å². The molecule has 0 amide bonds. The van der Waals surface area contributed by atoms with Crippen LogP contribution in [0.5, 0.6) is 23.0 Å². The number of nitrogens with zero attached hydrogens (tertiary/aromatic N) is 1. The molecule has 0 aromatic heterocycles. The molecule has 0 radical (unpaired) electrons. The van der Waals surface area contributed by atoms with E-state index in [-0.39, 0.29) is 18.9 Å². The van der Waals surface area contributed by atoms with Gasteiger partial charge in [-0.25, -0.2) is 9.59 Å². The molecular formula is C35H45NO11. The number of carbonyl (C=O) groups is 4. The van der Waals surface area contributed by atoms with Crippen LogP contribution in [-0.2, 0) is 35.1 Å². The minimum absolute atomic E-state index is 0.00692. The van der Waals surface area contributed by atoms with Crippen LogP contribution in [0.2, 0.25) is 0 Å². The number of aliphatic carboxylic acids is 1. The van der Waals surface area contributed by atoms with Crippen LogP contribution in [0.1, 0.15) is 56.8 Å². The standard InChI is InChI=1S/C35H45NO11/c1-7-32(40)46-22-35(2,3)30(37)20-36-16-9-8-13-26(36)34(41)47-27(24-11-10-12-25(19-24)45-21-31(38)39)15-14-23-17-28(42-4)33(44-6)29(18-23)43-5/h7,10-12,17-19,26-27H,1,8-9,13-16,20-22H2,2-6H3,(H,38,39)/t26-,27+/m0/s1. The minimum atomic E-state index is -1.12. The zero-order chi connectivity index (χ0) is 34.6. The molecule has 12 nitrogen and oxygen atoms in total. The number of Topliss-reactive ketones (excluding diaryl/α,β-unsaturated/α-hetero) is 1. The quantitative estimate of drug-likeness (QED) is 0.177. The molecule has 1 heterocycles. The topological polar surface area (TPSA) is 147 Å². The van der Waals surface area contributed by atoms with E-state index < -0.39 is 42.1 Å². The van der Waals surface area contributed by atoms with Gasteiger partial charge in [-0.15, -0.1) is 0 Å². The molecule has 2 aromatic rings. The average Bonchev–Trinajstić information content (AvgIpc) is 3.07. The lowest BCUT2D eigenvalue weighted by Gasteiger charge is -2.36. The summed E-state index contributed by atoms with van der Waals surface area (Å²) in [7, 11) is 4.59. The third kappa shape index (κ3) is 10.5. The van der Waals surface area contributed by atoms with Crippen LogP contribution in [0.25, 0.3) is 0 Å². The van der Waals surface area contributed by atoms with Crippen molar-refractivity contribution in [2.75, 3.05) is 47.6 Å². The van der Waals surface area contributed by atoms with Gasteiger partial charge in [-0.3, -0.25) is 14.5 Å². The van der Waals surface area contributed by atoms with Crippen molar-refractivity contribution in [1.29, 1.82) is 0 Å². The Morgan fingerprint density at radius 3 is 2.36 bits per heavy atom. The number of esters is 2. The van der Waals surface area contributed by atoms with Gasteiger partial charge in [0.1, 0.15) is 24.5 Å². The summed E-state index contributed by atoms with van der Waals surface area (Å²) in [6.07, 6.45) is 3.25. The van der Waals surface area contributed by atoms with Crippen LogP contribution >= 0.6 is 0 Å². The Morgan fingerprint density at radius 1 is 1.04 bits per heavy atom. The first-order valence-electron chi connectivity index (χ1n) is 15.4. The van der Waals surface area contributed by atoms with Crippen molar-refractivity contribution < 1.29 is 52.7 Å². The van der Waals surface area contributed by atoms with Gasteiger partial charge in [-0.2, -0.15) is 0 Å². The fourth-order valence-electron chi connectivity index (χ4n) is 5.28. The summed E-state index contributed by atoms with van der Waals surface area (Å²) < 4.78 is 33.2. The summed E-state index contributed by atoms with van der Waals surface area (Å²) in [5.74, 6) is -0.609. The highest BCUT2D eigenvalue weighted by atomic mass is 16.6. The molecule has 0 aliphatic carbocycles. The van der Waals surface area contributed by atoms with Crippen LogP contribution in [0.4, 0.5) is 0 Å². The first kappa shape index (κ1) is 36.9. The maximum Gasteiger partial charge on any atom is 0.341 e. The van der Waals surface area contributed by atoms with Gasteiger partial charge in [0.05, 0.1) is 33.3 Å². The number of rotatable bonds is 18. The van der Waals surface area contributed by atoms with Gasteiger partial charge in [0.15, 0.2) is 23.9 Å². The number of methoxy groups -OCH3 is 3. The Kier molecular flexibility index (Phi) is 13.6. The maximum atomic E-state index is 13.9. The minimum Gasteiger partial charge on any atom is -0.493 e. The molecule has 47 heavy (non-hydrogen) atoms. The Bertz CT molecular complexity index is 1390. The molecule has 1 aliphatic heterocycles. The second-order valence-corrected chi connectivity index (χ2v) is 11.9. The molecule has 1 fully saturated rings. The maximum absolute atomic E-state index is 13.9. The summed E-state index contributed by atoms with van der Waals surface area (Å²) in [6, 6.07) is 9.78. The number of hydrogen-bond donors (Lipinski definition) is 1. The molecule has 1 saturated heterocycles. The summed E-state index contributed by atoms with van der Waals surface area (Å²) in [6.45, 7) is 6.67. The average molecular weight is 656 g/mol. The third-order valence-corrected chi connectivity index (χ3v) is 8.00. The van der Waals surface area contributed by atoms with Gasteiger partial charge in [-0.05, 0) is 81.5 Å². The fourth-order valence-corrected chi connectivity index (χ4v) is 5.28. The number of piperidine rings is 1. The zero-order valence-electron chi connectivity index (χ0n) is 27.7. The Hall–Kier alpha value is -4.58. The smallest absolute Gasteiger partial charge is 0.341 e. The Morgan fingerprint density at radius 2 is 1.74 bits per heavy atom. The fraction of sp³-hybridized carbons (Fsp3) is 0.486. The van der Waals surface area contributed by atoms with Gasteiger partial charge in [-0.1, -0.05) is 25.1 Å². The molecular weight excluding hydrogens is 610 g/mol. The highest BCUT2D eigenvalue weighted by Gasteiger charge is 2.37. The summed E-state index contributed by atoms with van der Waals surface area (Å²) in [4.78, 5) is 51.7. The van der Waals surface area contributed by atoms with Crippen LogP contribution in [0.15, 0.2) is 49.1 Å². The largest absolute Gasteiger partial charge is 0.493 e. The molecule has 2 aromatic carbocycles. The van der Waals surface area contributed by atoms with Gasteiger partial charge in [0.2, 0.25) is 5.75 Å². The lowest BCUT2D eigenvalue weighted by Crippen LogP contribution is -2.50. The van der Waals surface area contributed by atoms with Gasteiger partial charge in [0.25, 0.3) is 0 Å². The van der Waals surface area contributed by atoms with Crippen molar-refractivity contribution in [1.82, 2.24) is 4.90 Å². The number of hydrogen-bond acceptors (Lipinski definition) is 11. The molecule has 256 valence electrons. The van der Waals surface area contributed by atoms with E-state index in [1.165, 1.54) is 21.3 Å². The van der Waals surface area contributed by atoms with Crippen molar-refractivity contribution in [3.8, 4) is 23.0 Å². The van der Waals surface area contributed by atoms with Crippen LogP contribution in [-0.4, -0.2) is 87.4 Å². The zero-order valence-corrected chi connectivity index (χ0v) is 27.7. The predicted octanol–water partition coefficient (Wildman–Crippen LogP) is 4.57. The van der Waals surface area contributed by atoms with Crippen molar-refractivity contribution >= 4 is 23.7 Å². The molecule has 0 spiro atoms. The highest BCUT2D eigenvalue weighted by Crippen LogP contribution is 2.39. The van der Waals surface area contributed by atoms with Gasteiger partial charge in [0, 0.05) is 6.08 Å².